The normalized spacial score (nSPS) is 32.1. The maximum atomic E-state index is 14.4. The van der Waals surface area contributed by atoms with E-state index in [1.54, 1.807) is 33.5 Å². The molecule has 0 aliphatic carbocycles. The van der Waals surface area contributed by atoms with Gasteiger partial charge in [-0.1, -0.05) is 71.8 Å². The lowest BCUT2D eigenvalue weighted by Gasteiger charge is -2.59. The lowest BCUT2D eigenvalue weighted by Crippen LogP contribution is -2.75. The largest absolute Gasteiger partial charge is 0.454 e. The molecule has 5 aliphatic rings. The van der Waals surface area contributed by atoms with Crippen LogP contribution in [0.5, 0.6) is 11.5 Å². The lowest BCUT2D eigenvalue weighted by atomic mass is 9.84. The number of hydrogen-bond donors (Lipinski definition) is 0. The zero-order valence-electron chi connectivity index (χ0n) is 18.8. The van der Waals surface area contributed by atoms with E-state index in [4.69, 9.17) is 9.47 Å². The van der Waals surface area contributed by atoms with Crippen LogP contribution in [0.2, 0.25) is 0 Å². The van der Waals surface area contributed by atoms with E-state index in [1.807, 2.05) is 53.4 Å². The molecule has 2 aromatic rings. The third kappa shape index (κ3) is 2.83. The third-order valence-electron chi connectivity index (χ3n) is 7.52. The van der Waals surface area contributed by atoms with Crippen LogP contribution in [0, 0.1) is 11.8 Å². The van der Waals surface area contributed by atoms with Crippen LogP contribution in [0.4, 0.5) is 0 Å². The van der Waals surface area contributed by atoms with Gasteiger partial charge in [0.25, 0.3) is 11.8 Å². The smallest absolute Gasteiger partial charge is 0.262 e. The number of hydrogen-bond acceptors (Lipinski definition) is 6. The fourth-order valence-electron chi connectivity index (χ4n) is 5.71. The molecule has 0 aromatic heterocycles. The molecule has 2 amide bonds. The van der Waals surface area contributed by atoms with Crippen molar-refractivity contribution in [2.75, 3.05) is 13.8 Å². The minimum absolute atomic E-state index is 0.0306. The first-order valence-electron chi connectivity index (χ1n) is 11.3. The first kappa shape index (κ1) is 21.2. The fraction of sp³-hybridized carbons (Fsp3) is 0.440. The highest BCUT2D eigenvalue weighted by molar-refractivity contribution is 8.78. The summed E-state index contributed by atoms with van der Waals surface area (Å²) in [7, 11) is 4.94. The molecule has 5 aliphatic heterocycles. The average Bonchev–Trinajstić information content (AvgIpc) is 3.43. The van der Waals surface area contributed by atoms with Crippen LogP contribution in [0.25, 0.3) is 0 Å². The van der Waals surface area contributed by atoms with Crippen LogP contribution in [0.3, 0.4) is 0 Å². The van der Waals surface area contributed by atoms with Crippen LogP contribution in [-0.2, 0) is 16.0 Å². The summed E-state index contributed by atoms with van der Waals surface area (Å²) in [6, 6.07) is 15.7. The standard InChI is InChI=1S/C25H26N2O4S2/c1-15(2)18-13-25-22(28)26(3)24(32-33-25,12-16-7-5-4-6-8-16)23(29)27(25)21(18)17-9-10-19-20(11-17)31-14-30-19/h4-11,15,18,21H,12-14H2,1-3H3/t18-,21?,24?,25?/m1/s1. The molecule has 3 unspecified atom stereocenters. The van der Waals surface area contributed by atoms with Crippen LogP contribution in [-0.4, -0.2) is 45.2 Å². The topological polar surface area (TPSA) is 59.1 Å². The summed E-state index contributed by atoms with van der Waals surface area (Å²) in [5.41, 5.74) is 2.05. The van der Waals surface area contributed by atoms with E-state index in [-0.39, 0.29) is 30.6 Å². The van der Waals surface area contributed by atoms with Gasteiger partial charge in [-0.3, -0.25) is 9.59 Å². The van der Waals surface area contributed by atoms with E-state index in [2.05, 4.69) is 13.8 Å². The molecule has 33 heavy (non-hydrogen) atoms. The highest BCUT2D eigenvalue weighted by atomic mass is 33.1. The van der Waals surface area contributed by atoms with Crippen LogP contribution in [0.1, 0.15) is 37.4 Å². The van der Waals surface area contributed by atoms with Gasteiger partial charge in [0.05, 0.1) is 6.04 Å². The summed E-state index contributed by atoms with van der Waals surface area (Å²) in [5, 5.41) is 0. The van der Waals surface area contributed by atoms with Crippen molar-refractivity contribution in [3.63, 3.8) is 0 Å². The minimum atomic E-state index is -0.953. The predicted octanol–water partition coefficient (Wildman–Crippen LogP) is 4.46. The number of amides is 2. The van der Waals surface area contributed by atoms with Crippen molar-refractivity contribution in [2.45, 2.75) is 42.5 Å². The number of likely N-dealkylation sites (N-methyl/N-ethyl adjacent to an activating group) is 1. The second-order valence-corrected chi connectivity index (χ2v) is 12.3. The number of piperazine rings is 1. The van der Waals surface area contributed by atoms with Gasteiger partial charge in [-0.15, -0.1) is 0 Å². The zero-order valence-corrected chi connectivity index (χ0v) is 20.4. The van der Waals surface area contributed by atoms with Gasteiger partial charge >= 0.3 is 0 Å². The Labute approximate surface area is 201 Å². The Balaban J connectivity index is 1.47. The number of carbonyl (C=O) groups is 2. The highest BCUT2D eigenvalue weighted by Crippen LogP contribution is 2.68. The number of rotatable bonds is 4. The molecule has 0 N–H and O–H groups in total. The first-order chi connectivity index (χ1) is 15.9. The average molecular weight is 483 g/mol. The van der Waals surface area contributed by atoms with Crippen molar-refractivity contribution < 1.29 is 19.1 Å². The van der Waals surface area contributed by atoms with E-state index >= 15 is 0 Å². The number of carbonyl (C=O) groups excluding carboxylic acids is 2. The molecule has 6 nitrogen and oxygen atoms in total. The number of ether oxygens (including phenoxy) is 2. The summed E-state index contributed by atoms with van der Waals surface area (Å²) >= 11 is 0. The maximum absolute atomic E-state index is 14.4. The molecule has 0 saturated carbocycles. The summed E-state index contributed by atoms with van der Waals surface area (Å²) in [6.45, 7) is 4.57. The number of benzene rings is 2. The Morgan fingerprint density at radius 1 is 1.03 bits per heavy atom. The quantitative estimate of drug-likeness (QED) is 0.600. The maximum Gasteiger partial charge on any atom is 0.262 e. The second-order valence-electron chi connectivity index (χ2n) is 9.61. The van der Waals surface area contributed by atoms with Gasteiger partial charge in [-0.2, -0.15) is 0 Å². The van der Waals surface area contributed by atoms with Gasteiger partial charge in [0.1, 0.15) is 0 Å². The van der Waals surface area contributed by atoms with Gasteiger partial charge in [0, 0.05) is 13.5 Å². The van der Waals surface area contributed by atoms with Crippen LogP contribution < -0.4 is 9.47 Å². The minimum Gasteiger partial charge on any atom is -0.454 e. The fourth-order valence-corrected chi connectivity index (χ4v) is 9.54. The molecule has 2 bridgehead atoms. The molecule has 4 fully saturated rings. The van der Waals surface area contributed by atoms with Gasteiger partial charge in [0.2, 0.25) is 6.79 Å². The van der Waals surface area contributed by atoms with Crippen molar-refractivity contribution in [1.29, 1.82) is 0 Å². The molecule has 5 heterocycles. The summed E-state index contributed by atoms with van der Waals surface area (Å²) in [4.78, 5) is 30.1. The molecular formula is C25H26N2O4S2. The van der Waals surface area contributed by atoms with E-state index in [1.165, 1.54) is 0 Å². The third-order valence-corrected chi connectivity index (χ3v) is 11.2. The Bertz CT molecular complexity index is 1140. The summed E-state index contributed by atoms with van der Waals surface area (Å²) in [5.74, 6) is 1.96. The van der Waals surface area contributed by atoms with E-state index in [9.17, 15) is 9.59 Å². The molecule has 1 spiro atoms. The van der Waals surface area contributed by atoms with Gasteiger partial charge < -0.3 is 19.3 Å². The molecule has 7 rings (SSSR count). The Kier molecular flexibility index (Phi) is 4.72. The van der Waals surface area contributed by atoms with Crippen molar-refractivity contribution >= 4 is 33.4 Å². The van der Waals surface area contributed by atoms with Crippen molar-refractivity contribution in [3.05, 3.63) is 59.7 Å². The van der Waals surface area contributed by atoms with Crippen molar-refractivity contribution in [3.8, 4) is 11.5 Å². The van der Waals surface area contributed by atoms with Crippen molar-refractivity contribution in [1.82, 2.24) is 9.80 Å². The SMILES string of the molecule is CC(C)[C@H]1CC23SSC(Cc4ccccc4)(C(=O)N2C1c1ccc2c(c1)OCO2)N(C)C3=O. The zero-order chi connectivity index (χ0) is 23.0. The predicted molar refractivity (Wildman–Crippen MR) is 129 cm³/mol. The molecule has 2 aromatic carbocycles. The molecule has 4 atom stereocenters. The van der Waals surface area contributed by atoms with E-state index < -0.39 is 9.74 Å². The molecule has 172 valence electrons. The molecule has 0 radical (unpaired) electrons. The number of fused-ring (bicyclic) bond motifs is 3. The lowest BCUT2D eigenvalue weighted by molar-refractivity contribution is -0.165. The monoisotopic (exact) mass is 482 g/mol. The van der Waals surface area contributed by atoms with Crippen LogP contribution in [0.15, 0.2) is 48.5 Å². The first-order valence-corrected chi connectivity index (χ1v) is 13.4. The van der Waals surface area contributed by atoms with Gasteiger partial charge in [0.15, 0.2) is 21.2 Å². The number of nitrogens with zero attached hydrogens (tertiary/aromatic N) is 2. The highest BCUT2D eigenvalue weighted by Gasteiger charge is 2.73. The summed E-state index contributed by atoms with van der Waals surface area (Å²) in [6.07, 6.45) is 1.14. The van der Waals surface area contributed by atoms with Gasteiger partial charge in [-0.25, -0.2) is 0 Å². The Hall–Kier alpha value is -2.32. The molecular weight excluding hydrogens is 456 g/mol. The molecule has 8 heteroatoms. The molecule has 4 saturated heterocycles. The van der Waals surface area contributed by atoms with E-state index in [0.717, 1.165) is 16.9 Å². The van der Waals surface area contributed by atoms with Gasteiger partial charge in [-0.05, 0) is 41.5 Å². The van der Waals surface area contributed by atoms with Crippen LogP contribution >= 0.6 is 21.6 Å². The van der Waals surface area contributed by atoms with Crippen molar-refractivity contribution in [2.24, 2.45) is 11.8 Å². The Morgan fingerprint density at radius 2 is 1.79 bits per heavy atom. The summed E-state index contributed by atoms with van der Waals surface area (Å²) < 4.78 is 11.2. The second kappa shape index (κ2) is 7.34. The Morgan fingerprint density at radius 3 is 2.55 bits per heavy atom. The van der Waals surface area contributed by atoms with E-state index in [0.29, 0.717) is 24.5 Å².